The number of carbonyl (C=O) groups is 1. The number of benzene rings is 1. The molecule has 0 amide bonds. The first-order chi connectivity index (χ1) is 12.1. The summed E-state index contributed by atoms with van der Waals surface area (Å²) in [7, 11) is 1.94. The van der Waals surface area contributed by atoms with Crippen molar-refractivity contribution in [2.45, 2.75) is 19.3 Å². The van der Waals surface area contributed by atoms with Crippen LogP contribution in [0.3, 0.4) is 0 Å². The predicted octanol–water partition coefficient (Wildman–Crippen LogP) is 2.79. The van der Waals surface area contributed by atoms with Gasteiger partial charge in [0.25, 0.3) is 5.78 Å². The monoisotopic (exact) mass is 330 g/mol. The quantitative estimate of drug-likeness (QED) is 0.545. The molecular weight excluding hydrogens is 312 g/mol. The molecule has 0 radical (unpaired) electrons. The fraction of sp³-hybridized carbons (Fsp3) is 0.200. The van der Waals surface area contributed by atoms with Gasteiger partial charge in [0.2, 0.25) is 0 Å². The Morgan fingerprint density at radius 1 is 1.24 bits per heavy atom. The van der Waals surface area contributed by atoms with Crippen molar-refractivity contribution in [3.8, 4) is 11.8 Å². The SMILES string of the molecule is CC(Cc1nncn1C)c1cccc(C#CC(=O)c2ccccn2)c1. The van der Waals surface area contributed by atoms with Crippen molar-refractivity contribution in [1.29, 1.82) is 0 Å². The van der Waals surface area contributed by atoms with E-state index in [1.165, 1.54) is 0 Å². The van der Waals surface area contributed by atoms with E-state index >= 15 is 0 Å². The number of pyridine rings is 1. The van der Waals surface area contributed by atoms with Gasteiger partial charge in [0.15, 0.2) is 0 Å². The molecule has 124 valence electrons. The molecule has 5 heteroatoms. The zero-order valence-corrected chi connectivity index (χ0v) is 14.2. The minimum Gasteiger partial charge on any atom is -0.321 e. The second kappa shape index (κ2) is 7.54. The molecular formula is C20H18N4O. The van der Waals surface area contributed by atoms with Gasteiger partial charge < -0.3 is 4.57 Å². The molecule has 0 fully saturated rings. The van der Waals surface area contributed by atoms with Gasteiger partial charge in [-0.05, 0) is 41.7 Å². The Labute approximate surface area is 146 Å². The molecule has 25 heavy (non-hydrogen) atoms. The Kier molecular flexibility index (Phi) is 5.00. The summed E-state index contributed by atoms with van der Waals surface area (Å²) in [4.78, 5) is 16.1. The highest BCUT2D eigenvalue weighted by atomic mass is 16.1. The fourth-order valence-electron chi connectivity index (χ4n) is 2.50. The molecule has 0 N–H and O–H groups in total. The largest absolute Gasteiger partial charge is 0.321 e. The number of rotatable bonds is 4. The number of ketones is 1. The molecule has 3 aromatic rings. The van der Waals surface area contributed by atoms with Crippen LogP contribution in [0, 0.1) is 11.8 Å². The van der Waals surface area contributed by atoms with Gasteiger partial charge in [0, 0.05) is 25.2 Å². The average Bonchev–Trinajstić information content (AvgIpc) is 3.05. The maximum atomic E-state index is 12.0. The predicted molar refractivity (Wildman–Crippen MR) is 95.0 cm³/mol. The first kappa shape index (κ1) is 16.6. The van der Waals surface area contributed by atoms with Gasteiger partial charge in [-0.2, -0.15) is 0 Å². The third kappa shape index (κ3) is 4.18. The van der Waals surface area contributed by atoms with Gasteiger partial charge >= 0.3 is 0 Å². The summed E-state index contributed by atoms with van der Waals surface area (Å²) >= 11 is 0. The fourth-order valence-corrected chi connectivity index (χ4v) is 2.50. The van der Waals surface area contributed by atoms with E-state index < -0.39 is 0 Å². The number of aryl methyl sites for hydroxylation is 1. The Balaban J connectivity index is 1.75. The van der Waals surface area contributed by atoms with E-state index in [9.17, 15) is 4.79 Å². The number of hydrogen-bond acceptors (Lipinski definition) is 4. The highest BCUT2D eigenvalue weighted by Crippen LogP contribution is 2.20. The minimum absolute atomic E-state index is 0.274. The Morgan fingerprint density at radius 3 is 2.84 bits per heavy atom. The molecule has 0 spiro atoms. The molecule has 2 aromatic heterocycles. The molecule has 1 unspecified atom stereocenters. The lowest BCUT2D eigenvalue weighted by Crippen LogP contribution is -2.04. The molecule has 2 heterocycles. The average molecular weight is 330 g/mol. The third-order valence-corrected chi connectivity index (χ3v) is 3.97. The van der Waals surface area contributed by atoms with Gasteiger partial charge in [-0.3, -0.25) is 9.78 Å². The summed E-state index contributed by atoms with van der Waals surface area (Å²) in [6.07, 6.45) is 4.08. The van der Waals surface area contributed by atoms with Crippen molar-refractivity contribution < 1.29 is 4.79 Å². The Morgan fingerprint density at radius 2 is 2.12 bits per heavy atom. The van der Waals surface area contributed by atoms with E-state index in [4.69, 9.17) is 0 Å². The molecule has 0 aliphatic heterocycles. The first-order valence-corrected chi connectivity index (χ1v) is 8.03. The van der Waals surface area contributed by atoms with Crippen LogP contribution in [0.1, 0.15) is 40.3 Å². The van der Waals surface area contributed by atoms with Crippen molar-refractivity contribution in [2.75, 3.05) is 0 Å². The number of carbonyl (C=O) groups excluding carboxylic acids is 1. The Hall–Kier alpha value is -3.26. The molecule has 3 rings (SSSR count). The standard InChI is InChI=1S/C20H18N4O/c1-15(12-20-23-22-14-24(20)2)17-7-5-6-16(13-17)9-10-19(25)18-8-3-4-11-21-18/h3-8,11,13-15H,12H2,1-2H3. The van der Waals surface area contributed by atoms with Gasteiger partial charge in [0.1, 0.15) is 17.8 Å². The van der Waals surface area contributed by atoms with Crippen molar-refractivity contribution in [3.63, 3.8) is 0 Å². The van der Waals surface area contributed by atoms with Crippen molar-refractivity contribution in [3.05, 3.63) is 77.6 Å². The van der Waals surface area contributed by atoms with Crippen molar-refractivity contribution in [2.24, 2.45) is 7.05 Å². The lowest BCUT2D eigenvalue weighted by molar-refractivity contribution is 0.105. The van der Waals surface area contributed by atoms with Gasteiger partial charge in [-0.15, -0.1) is 10.2 Å². The van der Waals surface area contributed by atoms with E-state index in [1.54, 1.807) is 30.7 Å². The van der Waals surface area contributed by atoms with Crippen LogP contribution in [-0.2, 0) is 13.5 Å². The summed E-state index contributed by atoms with van der Waals surface area (Å²) in [5.41, 5.74) is 2.33. The molecule has 0 saturated carbocycles. The van der Waals surface area contributed by atoms with Gasteiger partial charge in [0.05, 0.1) is 0 Å². The number of Topliss-reactive ketones (excluding diaryl/α,β-unsaturated/α-hetero) is 1. The zero-order chi connectivity index (χ0) is 17.6. The molecule has 0 bridgehead atoms. The van der Waals surface area contributed by atoms with Gasteiger partial charge in [-0.1, -0.05) is 31.0 Å². The maximum Gasteiger partial charge on any atom is 0.254 e. The second-order valence-corrected chi connectivity index (χ2v) is 5.88. The zero-order valence-electron chi connectivity index (χ0n) is 14.2. The number of nitrogens with zero attached hydrogens (tertiary/aromatic N) is 4. The summed E-state index contributed by atoms with van der Waals surface area (Å²) in [5, 5.41) is 8.04. The molecule has 5 nitrogen and oxygen atoms in total. The topological polar surface area (TPSA) is 60.7 Å². The van der Waals surface area contributed by atoms with E-state index in [-0.39, 0.29) is 11.7 Å². The highest BCUT2D eigenvalue weighted by Gasteiger charge is 2.10. The molecule has 1 aromatic carbocycles. The lowest BCUT2D eigenvalue weighted by Gasteiger charge is -2.11. The summed E-state index contributed by atoms with van der Waals surface area (Å²) < 4.78 is 1.92. The van der Waals surface area contributed by atoms with E-state index in [2.05, 4.69) is 40.0 Å². The van der Waals surface area contributed by atoms with Crippen LogP contribution in [0.4, 0.5) is 0 Å². The molecule has 0 aliphatic carbocycles. The normalized spacial score (nSPS) is 11.4. The molecule has 1 atom stereocenters. The van der Waals surface area contributed by atoms with Crippen LogP contribution in [-0.4, -0.2) is 25.5 Å². The van der Waals surface area contributed by atoms with Crippen LogP contribution >= 0.6 is 0 Å². The van der Waals surface area contributed by atoms with E-state index in [1.807, 2.05) is 29.8 Å². The molecule has 0 aliphatic rings. The van der Waals surface area contributed by atoms with Crippen LogP contribution in [0.25, 0.3) is 0 Å². The van der Waals surface area contributed by atoms with E-state index in [0.717, 1.165) is 23.4 Å². The molecule has 0 saturated heterocycles. The highest BCUT2D eigenvalue weighted by molar-refractivity contribution is 6.07. The van der Waals surface area contributed by atoms with Crippen LogP contribution < -0.4 is 0 Å². The minimum atomic E-state index is -0.280. The number of aromatic nitrogens is 4. The Bertz CT molecular complexity index is 935. The van der Waals surface area contributed by atoms with Crippen LogP contribution in [0.5, 0.6) is 0 Å². The van der Waals surface area contributed by atoms with Gasteiger partial charge in [-0.25, -0.2) is 0 Å². The summed E-state index contributed by atoms with van der Waals surface area (Å²) in [6.45, 7) is 2.14. The third-order valence-electron chi connectivity index (χ3n) is 3.97. The maximum absolute atomic E-state index is 12.0. The number of hydrogen-bond donors (Lipinski definition) is 0. The lowest BCUT2D eigenvalue weighted by atomic mass is 9.96. The summed E-state index contributed by atoms with van der Waals surface area (Å²) in [6, 6.07) is 13.1. The van der Waals surface area contributed by atoms with Crippen molar-refractivity contribution >= 4 is 5.78 Å². The smallest absolute Gasteiger partial charge is 0.254 e. The summed E-state index contributed by atoms with van der Waals surface area (Å²) in [5.74, 6) is 6.53. The van der Waals surface area contributed by atoms with Crippen LogP contribution in [0.15, 0.2) is 55.0 Å². The van der Waals surface area contributed by atoms with E-state index in [0.29, 0.717) is 5.69 Å². The van der Waals surface area contributed by atoms with Crippen LogP contribution in [0.2, 0.25) is 0 Å². The van der Waals surface area contributed by atoms with Crippen molar-refractivity contribution in [1.82, 2.24) is 19.7 Å². The second-order valence-electron chi connectivity index (χ2n) is 5.88. The first-order valence-electron chi connectivity index (χ1n) is 8.03.